The molecule has 12 rings (SSSR count). The van der Waals surface area contributed by atoms with E-state index in [4.69, 9.17) is 20.9 Å². The number of para-hydroxylation sites is 1. The summed E-state index contributed by atoms with van der Waals surface area (Å²) in [5.41, 5.74) is 15.8. The molecule has 0 radical (unpaired) electrons. The number of carbonyl (C=O) groups is 9. The fourth-order valence-corrected chi connectivity index (χ4v) is 13.3. The molecular weight excluding hydrogens is 1350 g/mol. The Morgan fingerprint density at radius 2 is 1.03 bits per heavy atom. The van der Waals surface area contributed by atoms with E-state index < -0.39 is 107 Å². The molecule has 7 amide bonds. The summed E-state index contributed by atoms with van der Waals surface area (Å²) >= 11 is 0. The maximum atomic E-state index is 15.3. The number of nitrogens with one attached hydrogen (secondary N) is 7. The van der Waals surface area contributed by atoms with Crippen LogP contribution in [0.3, 0.4) is 0 Å². The third-order valence-electron chi connectivity index (χ3n) is 18.7. The molecule has 15 N–H and O–H groups in total. The highest BCUT2D eigenvalue weighted by molar-refractivity contribution is 6.03. The van der Waals surface area contributed by atoms with Crippen LogP contribution in [0.1, 0.15) is 91.4 Å². The van der Waals surface area contributed by atoms with Crippen molar-refractivity contribution < 1.29 is 73.1 Å². The molecule has 3 heterocycles. The molecule has 25 nitrogen and oxygen atoms in total. The van der Waals surface area contributed by atoms with Gasteiger partial charge < -0.3 is 83.2 Å². The van der Waals surface area contributed by atoms with E-state index in [-0.39, 0.29) is 69.3 Å². The van der Waals surface area contributed by atoms with E-state index in [2.05, 4.69) is 36.9 Å². The molecule has 2 aliphatic rings. The first-order valence-electron chi connectivity index (χ1n) is 34.8. The van der Waals surface area contributed by atoms with Crippen molar-refractivity contribution >= 4 is 85.9 Å². The molecule has 0 bridgehead atoms. The van der Waals surface area contributed by atoms with Gasteiger partial charge in [-0.2, -0.15) is 0 Å². The minimum atomic E-state index is -1.42. The van der Waals surface area contributed by atoms with Gasteiger partial charge in [-0.25, -0.2) is 14.4 Å². The van der Waals surface area contributed by atoms with Crippen molar-refractivity contribution in [3.63, 3.8) is 0 Å². The zero-order valence-electron chi connectivity index (χ0n) is 57.7. The Hall–Kier alpha value is -12.6. The Labute approximate surface area is 609 Å². The van der Waals surface area contributed by atoms with Crippen LogP contribution in [-0.2, 0) is 65.8 Å². The van der Waals surface area contributed by atoms with Gasteiger partial charge in [0.1, 0.15) is 77.3 Å². The lowest BCUT2D eigenvalue weighted by molar-refractivity contribution is -0.143. The van der Waals surface area contributed by atoms with Crippen LogP contribution in [0.15, 0.2) is 206 Å². The Bertz CT molecular complexity index is 4730. The predicted octanol–water partition coefficient (Wildman–Crippen LogP) is 7.76. The van der Waals surface area contributed by atoms with Crippen LogP contribution < -0.4 is 48.1 Å². The average Bonchev–Trinajstić information content (AvgIpc) is 0.965. The fourth-order valence-electron chi connectivity index (χ4n) is 13.3. The standard InChI is InChI=1S/C58H66N10O9.C23H16O6/c59-27-13-12-22-46-52(69)64-47(30-38-23-25-42(26-24-38)76-36-39-16-6-2-7-17-39)53(70)66-49(31-37-14-4-1-5-15-37)57(74)68-35-43(77-58(75)61-29-28-60)33-50(68)55(72)67-51(40-18-8-3-9-19-40)56(73)65-48(54(71)63-46)32-41-34-62-45-21-11-10-20-44(41)45;24-20-16(14-7-3-1-5-12(14)9-18(20)22(26)27)11-17-15-8-4-2-6-13(15)10-19(21(17)25)23(28)29/h1-11,14-21,23-26,34,43,46-51,62H,12-13,22,27-33,35-36,59-60H2,(H,61,75)(H,63,71)(H,64,69)(H,65,73)(H,66,70)(H,67,72);1-10,24-25H,11H2,(H,26,27)(H,28,29)/t43-,46-,47+,48-,49+,50+,51+;/m1./s1. The first-order valence-corrected chi connectivity index (χ1v) is 34.8. The number of hydrogen-bond acceptors (Lipinski definition) is 15. The third kappa shape index (κ3) is 18.4. The number of fused-ring (bicyclic) bond motifs is 4. The van der Waals surface area contributed by atoms with E-state index in [1.54, 1.807) is 134 Å². The van der Waals surface area contributed by atoms with Crippen LogP contribution in [0, 0.1) is 0 Å². The maximum absolute atomic E-state index is 15.3. The van der Waals surface area contributed by atoms with E-state index in [0.29, 0.717) is 86.7 Å². The molecule has 106 heavy (non-hydrogen) atoms. The number of alkyl carbamates (subject to hydrolysis) is 1. The highest BCUT2D eigenvalue weighted by Gasteiger charge is 2.46. The summed E-state index contributed by atoms with van der Waals surface area (Å²) < 4.78 is 11.8. The number of rotatable bonds is 21. The minimum Gasteiger partial charge on any atom is -0.507 e. The monoisotopic (exact) mass is 1430 g/mol. The van der Waals surface area contributed by atoms with Crippen molar-refractivity contribution in [1.29, 1.82) is 0 Å². The number of benzene rings is 9. The highest BCUT2D eigenvalue weighted by Crippen LogP contribution is 2.39. The maximum Gasteiger partial charge on any atom is 0.407 e. The van der Waals surface area contributed by atoms with Crippen molar-refractivity contribution in [1.82, 2.24) is 41.8 Å². The van der Waals surface area contributed by atoms with Crippen molar-refractivity contribution in [2.45, 2.75) is 100 Å². The number of aromatic amines is 1. The Balaban J connectivity index is 0.000000320. The highest BCUT2D eigenvalue weighted by atomic mass is 16.6. The van der Waals surface area contributed by atoms with Crippen LogP contribution in [-0.4, -0.2) is 146 Å². The molecule has 0 unspecified atom stereocenters. The largest absolute Gasteiger partial charge is 0.507 e. The quantitative estimate of drug-likeness (QED) is 0.0306. The number of amides is 7. The van der Waals surface area contributed by atoms with E-state index >= 15 is 9.59 Å². The summed E-state index contributed by atoms with van der Waals surface area (Å²) in [7, 11) is 0. The molecule has 9 aromatic carbocycles. The summed E-state index contributed by atoms with van der Waals surface area (Å²) in [5.74, 6) is -7.12. The number of carboxylic acids is 2. The minimum absolute atomic E-state index is 0.0385. The van der Waals surface area contributed by atoms with E-state index in [1.807, 2.05) is 60.7 Å². The topological polar surface area (TPSA) is 396 Å². The summed E-state index contributed by atoms with van der Waals surface area (Å²) in [6, 6.07) is 50.4. The first-order chi connectivity index (χ1) is 51.3. The van der Waals surface area contributed by atoms with Crippen LogP contribution in [0.5, 0.6) is 17.2 Å². The summed E-state index contributed by atoms with van der Waals surface area (Å²) in [6.07, 6.45) is 0.611. The first kappa shape index (κ1) is 74.6. The van der Waals surface area contributed by atoms with Crippen LogP contribution in [0.2, 0.25) is 0 Å². The number of carbonyl (C=O) groups excluding carboxylic acids is 7. The SMILES string of the molecule is NCCCC[C@H]1NC(=O)[C@@H](Cc2c[nH]c3ccccc23)NC(=O)[C@H](c2ccccc2)NC(=O)[C@@H]2C[C@@H](OC(=O)NCCN)CN2C(=O)[C@H](Cc2ccccc2)NC(=O)[C@H](Cc2ccc(OCc3ccccc3)cc2)NC1=O.O=C(O)c1cc2ccccc2c(Cc2c(O)c(C(=O)O)cc3ccccc23)c1O. The number of nitrogens with zero attached hydrogens (tertiary/aromatic N) is 1. The molecule has 546 valence electrons. The normalized spacial score (nSPS) is 18.7. The third-order valence-corrected chi connectivity index (χ3v) is 18.7. The van der Waals surface area contributed by atoms with Crippen molar-refractivity contribution in [3.8, 4) is 17.2 Å². The Kier molecular flexibility index (Phi) is 24.7. The van der Waals surface area contributed by atoms with Gasteiger partial charge in [-0.3, -0.25) is 28.8 Å². The number of H-pyrrole nitrogens is 1. The fraction of sp³-hybridized carbons (Fsp3) is 0.247. The van der Waals surface area contributed by atoms with Gasteiger partial charge in [0, 0.05) is 73.4 Å². The van der Waals surface area contributed by atoms with Gasteiger partial charge >= 0.3 is 18.0 Å². The molecular formula is C81H82N10O15. The van der Waals surface area contributed by atoms with Gasteiger partial charge in [-0.05, 0) is 106 Å². The zero-order valence-corrected chi connectivity index (χ0v) is 57.7. The number of hydrogen-bond donors (Lipinski definition) is 13. The van der Waals surface area contributed by atoms with Gasteiger partial charge in [0.15, 0.2) is 0 Å². The van der Waals surface area contributed by atoms with Crippen LogP contribution in [0.4, 0.5) is 4.79 Å². The van der Waals surface area contributed by atoms with Gasteiger partial charge in [0.2, 0.25) is 35.4 Å². The summed E-state index contributed by atoms with van der Waals surface area (Å²) in [5, 5.41) is 60.7. The van der Waals surface area contributed by atoms with Gasteiger partial charge in [0.05, 0.1) is 6.54 Å². The lowest BCUT2D eigenvalue weighted by atomic mass is 9.90. The second-order valence-electron chi connectivity index (χ2n) is 26.0. The number of nitrogens with two attached hydrogens (primary N) is 2. The van der Waals surface area contributed by atoms with Crippen molar-refractivity contribution in [2.75, 3.05) is 26.2 Å². The molecule has 0 spiro atoms. The molecule has 2 fully saturated rings. The molecule has 2 aliphatic heterocycles. The average molecular weight is 1440 g/mol. The predicted molar refractivity (Wildman–Crippen MR) is 396 cm³/mol. The number of ether oxygens (including phenoxy) is 2. The molecule has 7 atom stereocenters. The van der Waals surface area contributed by atoms with Gasteiger partial charge in [-0.1, -0.05) is 170 Å². The Morgan fingerprint density at radius 1 is 0.519 bits per heavy atom. The smallest absolute Gasteiger partial charge is 0.407 e. The number of aromatic hydroxyl groups is 2. The number of aromatic carboxylic acids is 2. The molecule has 10 aromatic rings. The molecule has 2 saturated heterocycles. The number of phenols is 2. The van der Waals surface area contributed by atoms with Gasteiger partial charge in [-0.15, -0.1) is 0 Å². The summed E-state index contributed by atoms with van der Waals surface area (Å²) in [6.45, 7) is 0.617. The number of unbranched alkanes of at least 4 members (excludes halogenated alkanes) is 1. The molecule has 1 aromatic heterocycles. The van der Waals surface area contributed by atoms with E-state index in [9.17, 15) is 54.0 Å². The molecule has 25 heteroatoms. The van der Waals surface area contributed by atoms with Crippen molar-refractivity contribution in [3.05, 3.63) is 256 Å². The second-order valence-corrected chi connectivity index (χ2v) is 26.0. The van der Waals surface area contributed by atoms with Crippen LogP contribution >= 0.6 is 0 Å². The second kappa shape index (κ2) is 35.0. The number of carboxylic acid groups (broad SMARTS) is 2. The van der Waals surface area contributed by atoms with Gasteiger partial charge in [0.25, 0.3) is 0 Å². The lowest BCUT2D eigenvalue weighted by Crippen LogP contribution is -2.61. The Morgan fingerprint density at radius 3 is 1.63 bits per heavy atom. The molecule has 0 aliphatic carbocycles. The van der Waals surface area contributed by atoms with E-state index in [1.165, 1.54) is 17.0 Å². The van der Waals surface area contributed by atoms with E-state index in [0.717, 1.165) is 16.5 Å². The zero-order chi connectivity index (χ0) is 74.8. The summed E-state index contributed by atoms with van der Waals surface area (Å²) in [4.78, 5) is 131. The lowest BCUT2D eigenvalue weighted by Gasteiger charge is -2.32. The van der Waals surface area contributed by atoms with Crippen LogP contribution in [0.25, 0.3) is 32.4 Å². The van der Waals surface area contributed by atoms with Crippen molar-refractivity contribution in [2.24, 2.45) is 11.5 Å². The number of aromatic nitrogens is 1. The molecule has 0 saturated carbocycles.